The number of amides is 1. The number of nitro benzene ring substituents is 1. The first-order valence-corrected chi connectivity index (χ1v) is 10.9. The summed E-state index contributed by atoms with van der Waals surface area (Å²) >= 11 is 13.9. The molecule has 0 unspecified atom stereocenters. The van der Waals surface area contributed by atoms with Gasteiger partial charge in [0, 0.05) is 34.3 Å². The Morgan fingerprint density at radius 2 is 2.00 bits per heavy atom. The first kappa shape index (κ1) is 20.9. The summed E-state index contributed by atoms with van der Waals surface area (Å²) in [5, 5.41) is 11.9. The van der Waals surface area contributed by atoms with Gasteiger partial charge in [-0.2, -0.15) is 0 Å². The summed E-state index contributed by atoms with van der Waals surface area (Å²) < 4.78 is 0.500. The second-order valence-corrected chi connectivity index (χ2v) is 8.95. The molecule has 0 bridgehead atoms. The predicted molar refractivity (Wildman–Crippen MR) is 120 cm³/mol. The van der Waals surface area contributed by atoms with E-state index in [9.17, 15) is 14.9 Å². The lowest BCUT2D eigenvalue weighted by Crippen LogP contribution is -2.27. The van der Waals surface area contributed by atoms with Crippen LogP contribution >= 0.6 is 47.3 Å². The van der Waals surface area contributed by atoms with Gasteiger partial charge in [-0.3, -0.25) is 19.8 Å². The first-order valence-electron chi connectivity index (χ1n) is 8.30. The van der Waals surface area contributed by atoms with Crippen LogP contribution in [0.4, 0.5) is 5.69 Å². The molecule has 2 aromatic carbocycles. The normalized spacial score (nSPS) is 15.5. The molecule has 144 valence electrons. The Hall–Kier alpha value is -1.87. The minimum absolute atomic E-state index is 0.0203. The number of likely N-dealkylation sites (N-methyl/N-ethyl adjacent to an activating group) is 1. The number of rotatable bonds is 6. The molecule has 28 heavy (non-hydrogen) atoms. The number of nitrogens with zero attached hydrogens (tertiary/aromatic N) is 2. The highest BCUT2D eigenvalue weighted by molar-refractivity contribution is 8.26. The van der Waals surface area contributed by atoms with Crippen LogP contribution in [0.2, 0.25) is 5.02 Å². The molecular formula is C19H15ClN2O3S3. The van der Waals surface area contributed by atoms with E-state index in [4.69, 9.17) is 23.8 Å². The third-order valence-corrected chi connectivity index (χ3v) is 6.78. The van der Waals surface area contributed by atoms with Gasteiger partial charge in [-0.05, 0) is 42.3 Å². The maximum atomic E-state index is 12.5. The average molecular weight is 451 g/mol. The quantitative estimate of drug-likeness (QED) is 0.183. The molecule has 0 aromatic heterocycles. The van der Waals surface area contributed by atoms with Gasteiger partial charge in [-0.1, -0.05) is 47.7 Å². The van der Waals surface area contributed by atoms with Crippen LogP contribution in [0, 0.1) is 10.1 Å². The van der Waals surface area contributed by atoms with Crippen molar-refractivity contribution in [1.29, 1.82) is 0 Å². The van der Waals surface area contributed by atoms with Crippen molar-refractivity contribution in [1.82, 2.24) is 4.90 Å². The molecule has 3 rings (SSSR count). The first-order chi connectivity index (χ1) is 13.4. The zero-order valence-electron chi connectivity index (χ0n) is 14.8. The van der Waals surface area contributed by atoms with Gasteiger partial charge in [0.15, 0.2) is 0 Å². The number of hydrogen-bond acceptors (Lipinski definition) is 6. The number of thiocarbonyl (C=S) groups is 1. The second-order valence-electron chi connectivity index (χ2n) is 5.82. The summed E-state index contributed by atoms with van der Waals surface area (Å²) in [4.78, 5) is 26.1. The molecule has 0 radical (unpaired) electrons. The van der Waals surface area contributed by atoms with E-state index in [2.05, 4.69) is 0 Å². The summed E-state index contributed by atoms with van der Waals surface area (Å²) in [6, 6.07) is 12.2. The van der Waals surface area contributed by atoms with E-state index >= 15 is 0 Å². The number of carbonyl (C=O) groups excluding carboxylic acids is 1. The van der Waals surface area contributed by atoms with Crippen LogP contribution < -0.4 is 0 Å². The molecule has 9 heteroatoms. The van der Waals surface area contributed by atoms with Crippen LogP contribution in [0.25, 0.3) is 6.08 Å². The van der Waals surface area contributed by atoms with E-state index in [1.807, 2.05) is 31.2 Å². The Morgan fingerprint density at radius 1 is 1.29 bits per heavy atom. The molecule has 5 nitrogen and oxygen atoms in total. The molecule has 1 amide bonds. The number of thioether (sulfide) groups is 2. The lowest BCUT2D eigenvalue weighted by atomic mass is 10.2. The van der Waals surface area contributed by atoms with E-state index in [0.29, 0.717) is 32.1 Å². The molecule has 1 aliphatic rings. The SMILES string of the molecule is CCN1C(=O)/C(=C/c2cc([N+](=O)[O-])ccc2SCc2ccc(Cl)cc2)SC1=S. The second kappa shape index (κ2) is 9.09. The number of nitro groups is 1. The zero-order chi connectivity index (χ0) is 20.3. The van der Waals surface area contributed by atoms with E-state index in [1.54, 1.807) is 23.9 Å². The molecule has 1 saturated heterocycles. The number of benzene rings is 2. The molecule has 0 N–H and O–H groups in total. The lowest BCUT2D eigenvalue weighted by Gasteiger charge is -2.10. The molecule has 1 heterocycles. The van der Waals surface area contributed by atoms with Crippen LogP contribution in [0.5, 0.6) is 0 Å². The van der Waals surface area contributed by atoms with Gasteiger partial charge in [-0.25, -0.2) is 0 Å². The predicted octanol–water partition coefficient (Wildman–Crippen LogP) is 5.76. The van der Waals surface area contributed by atoms with Crippen molar-refractivity contribution in [2.75, 3.05) is 6.54 Å². The fraction of sp³-hybridized carbons (Fsp3) is 0.158. The Morgan fingerprint density at radius 3 is 2.61 bits per heavy atom. The third kappa shape index (κ3) is 4.75. The Bertz CT molecular complexity index is 977. The standard InChI is InChI=1S/C19H15ClN2O3S3/c1-2-21-18(23)17(28-19(21)26)10-13-9-15(22(24)25)7-8-16(13)27-11-12-3-5-14(20)6-4-12/h3-10H,2,11H2,1H3/b17-10-. The van der Waals surface area contributed by atoms with Crippen LogP contribution in [0.15, 0.2) is 52.3 Å². The average Bonchev–Trinajstić information content (AvgIpc) is 2.94. The van der Waals surface area contributed by atoms with Crippen molar-refractivity contribution in [3.05, 3.63) is 73.6 Å². The maximum absolute atomic E-state index is 12.5. The van der Waals surface area contributed by atoms with Crippen LogP contribution in [-0.4, -0.2) is 26.6 Å². The van der Waals surface area contributed by atoms with E-state index < -0.39 is 4.92 Å². The van der Waals surface area contributed by atoms with E-state index in [0.717, 1.165) is 10.5 Å². The highest BCUT2D eigenvalue weighted by Gasteiger charge is 2.31. The molecule has 0 saturated carbocycles. The Kier molecular flexibility index (Phi) is 6.77. The largest absolute Gasteiger partial charge is 0.293 e. The van der Waals surface area contributed by atoms with Crippen molar-refractivity contribution in [2.24, 2.45) is 0 Å². The van der Waals surface area contributed by atoms with Crippen LogP contribution in [0.3, 0.4) is 0 Å². The zero-order valence-corrected chi connectivity index (χ0v) is 18.0. The number of carbonyl (C=O) groups is 1. The van der Waals surface area contributed by atoms with Gasteiger partial charge < -0.3 is 0 Å². The van der Waals surface area contributed by atoms with Crippen molar-refractivity contribution < 1.29 is 9.72 Å². The smallest absolute Gasteiger partial charge is 0.270 e. The van der Waals surface area contributed by atoms with Crippen molar-refractivity contribution in [3.8, 4) is 0 Å². The summed E-state index contributed by atoms with van der Waals surface area (Å²) in [7, 11) is 0. The molecule has 2 aromatic rings. The molecule has 0 aliphatic carbocycles. The van der Waals surface area contributed by atoms with Gasteiger partial charge >= 0.3 is 0 Å². The summed E-state index contributed by atoms with van der Waals surface area (Å²) in [5.74, 6) is 0.504. The van der Waals surface area contributed by atoms with Gasteiger partial charge in [0.2, 0.25) is 0 Å². The number of hydrogen-bond donors (Lipinski definition) is 0. The maximum Gasteiger partial charge on any atom is 0.270 e. The van der Waals surface area contributed by atoms with Crippen molar-refractivity contribution in [3.63, 3.8) is 0 Å². The van der Waals surface area contributed by atoms with Crippen molar-refractivity contribution >= 4 is 69.3 Å². The summed E-state index contributed by atoms with van der Waals surface area (Å²) in [6.07, 6.45) is 1.69. The minimum atomic E-state index is -0.442. The minimum Gasteiger partial charge on any atom is -0.293 e. The van der Waals surface area contributed by atoms with Gasteiger partial charge in [0.1, 0.15) is 4.32 Å². The Balaban J connectivity index is 1.91. The van der Waals surface area contributed by atoms with Gasteiger partial charge in [-0.15, -0.1) is 11.8 Å². The van der Waals surface area contributed by atoms with Crippen LogP contribution in [0.1, 0.15) is 18.1 Å². The number of halogens is 1. The highest BCUT2D eigenvalue weighted by atomic mass is 35.5. The fourth-order valence-corrected chi connectivity index (χ4v) is 5.01. The van der Waals surface area contributed by atoms with Gasteiger partial charge in [0.25, 0.3) is 11.6 Å². The Labute approximate surface area is 181 Å². The van der Waals surface area contributed by atoms with E-state index in [1.165, 1.54) is 28.8 Å². The number of non-ortho nitro benzene ring substituents is 1. The summed E-state index contributed by atoms with van der Waals surface area (Å²) in [6.45, 7) is 2.35. The van der Waals surface area contributed by atoms with Gasteiger partial charge in [0.05, 0.1) is 9.83 Å². The molecule has 1 aliphatic heterocycles. The highest BCUT2D eigenvalue weighted by Crippen LogP contribution is 2.36. The molecule has 1 fully saturated rings. The molecular weight excluding hydrogens is 436 g/mol. The van der Waals surface area contributed by atoms with E-state index in [-0.39, 0.29) is 11.6 Å². The lowest BCUT2D eigenvalue weighted by molar-refractivity contribution is -0.384. The monoisotopic (exact) mass is 450 g/mol. The van der Waals surface area contributed by atoms with Crippen LogP contribution in [-0.2, 0) is 10.5 Å². The third-order valence-electron chi connectivity index (χ3n) is 3.99. The fourth-order valence-electron chi connectivity index (χ4n) is 2.55. The topological polar surface area (TPSA) is 63.5 Å². The molecule has 0 spiro atoms. The summed E-state index contributed by atoms with van der Waals surface area (Å²) in [5.41, 5.74) is 1.69. The molecule has 0 atom stereocenters. The van der Waals surface area contributed by atoms with Crippen molar-refractivity contribution in [2.45, 2.75) is 17.6 Å².